The molecule has 76 valence electrons. The Kier molecular flexibility index (Phi) is 3.01. The third-order valence-electron chi connectivity index (χ3n) is 1.51. The summed E-state index contributed by atoms with van der Waals surface area (Å²) in [6.45, 7) is 3.69. The predicted molar refractivity (Wildman–Crippen MR) is 49.9 cm³/mol. The molecule has 1 rings (SSSR count). The van der Waals surface area contributed by atoms with Gasteiger partial charge < -0.3 is 10.4 Å². The summed E-state index contributed by atoms with van der Waals surface area (Å²) in [4.78, 5) is 14.4. The van der Waals surface area contributed by atoms with Gasteiger partial charge in [-0.3, -0.25) is 0 Å². The molecule has 0 saturated heterocycles. The Bertz CT molecular complexity index is 353. The van der Waals surface area contributed by atoms with Crippen LogP contribution in [0.3, 0.4) is 0 Å². The lowest BCUT2D eigenvalue weighted by Gasteiger charge is -2.10. The molecule has 0 spiro atoms. The maximum absolute atomic E-state index is 12.7. The minimum absolute atomic E-state index is 0.0473. The van der Waals surface area contributed by atoms with Gasteiger partial charge in [0.2, 0.25) is 0 Å². The van der Waals surface area contributed by atoms with E-state index in [-0.39, 0.29) is 17.4 Å². The first-order chi connectivity index (χ1) is 6.50. The zero-order valence-corrected chi connectivity index (χ0v) is 7.91. The van der Waals surface area contributed by atoms with Gasteiger partial charge in [0.05, 0.1) is 6.20 Å². The first-order valence-electron chi connectivity index (χ1n) is 4.16. The normalized spacial score (nSPS) is 10.3. The van der Waals surface area contributed by atoms with Crippen LogP contribution < -0.4 is 5.32 Å². The van der Waals surface area contributed by atoms with E-state index in [0.29, 0.717) is 0 Å². The Morgan fingerprint density at radius 2 is 2.29 bits per heavy atom. The molecule has 1 aromatic heterocycles. The highest BCUT2D eigenvalue weighted by atomic mass is 19.1. The van der Waals surface area contributed by atoms with E-state index in [9.17, 15) is 9.18 Å². The Morgan fingerprint density at radius 3 is 2.79 bits per heavy atom. The summed E-state index contributed by atoms with van der Waals surface area (Å²) in [5.74, 6) is -1.66. The van der Waals surface area contributed by atoms with Gasteiger partial charge >= 0.3 is 5.97 Å². The number of rotatable bonds is 3. The summed E-state index contributed by atoms with van der Waals surface area (Å²) in [5.41, 5.74) is -0.154. The quantitative estimate of drug-likeness (QED) is 0.776. The lowest BCUT2D eigenvalue weighted by atomic mass is 10.2. The molecule has 0 fully saturated rings. The predicted octanol–water partition coefficient (Wildman–Crippen LogP) is 1.74. The Morgan fingerprint density at radius 1 is 1.64 bits per heavy atom. The summed E-state index contributed by atoms with van der Waals surface area (Å²) in [6.07, 6.45) is 0.983. The number of nitrogens with one attached hydrogen (secondary N) is 1. The Labute approximate surface area is 80.8 Å². The molecular weight excluding hydrogens is 187 g/mol. The minimum Gasteiger partial charge on any atom is -0.478 e. The fourth-order valence-corrected chi connectivity index (χ4v) is 0.991. The van der Waals surface area contributed by atoms with Crippen LogP contribution in [-0.2, 0) is 0 Å². The Balaban J connectivity index is 3.08. The van der Waals surface area contributed by atoms with Crippen LogP contribution in [0.1, 0.15) is 24.2 Å². The summed E-state index contributed by atoms with van der Waals surface area (Å²) in [5, 5.41) is 11.6. The smallest absolute Gasteiger partial charge is 0.339 e. The molecule has 0 bridgehead atoms. The van der Waals surface area contributed by atoms with Crippen molar-refractivity contribution in [2.75, 3.05) is 5.32 Å². The number of carboxylic acid groups (broad SMARTS) is 1. The summed E-state index contributed by atoms with van der Waals surface area (Å²) >= 11 is 0. The number of hydrogen-bond donors (Lipinski definition) is 2. The maximum Gasteiger partial charge on any atom is 0.339 e. The van der Waals surface area contributed by atoms with E-state index in [1.54, 1.807) is 0 Å². The number of carboxylic acids is 1. The van der Waals surface area contributed by atoms with Gasteiger partial charge in [-0.2, -0.15) is 0 Å². The van der Waals surface area contributed by atoms with Crippen LogP contribution in [0.5, 0.6) is 0 Å². The average Bonchev–Trinajstić information content (AvgIpc) is 2.07. The van der Waals surface area contributed by atoms with Gasteiger partial charge in [-0.15, -0.1) is 0 Å². The monoisotopic (exact) mass is 198 g/mol. The van der Waals surface area contributed by atoms with Crippen LogP contribution in [0.4, 0.5) is 10.2 Å². The van der Waals surface area contributed by atoms with E-state index in [0.717, 1.165) is 12.3 Å². The molecular formula is C9H11FN2O2. The molecule has 0 saturated carbocycles. The molecule has 0 amide bonds. The van der Waals surface area contributed by atoms with Crippen LogP contribution in [-0.4, -0.2) is 22.1 Å². The van der Waals surface area contributed by atoms with Gasteiger partial charge in [-0.05, 0) is 19.9 Å². The van der Waals surface area contributed by atoms with Gasteiger partial charge in [-0.1, -0.05) is 0 Å². The summed E-state index contributed by atoms with van der Waals surface area (Å²) in [6, 6.07) is 0.992. The first kappa shape index (κ1) is 10.4. The number of aromatic nitrogens is 1. The van der Waals surface area contributed by atoms with Crippen molar-refractivity contribution in [1.29, 1.82) is 0 Å². The maximum atomic E-state index is 12.7. The molecule has 0 aliphatic heterocycles. The van der Waals surface area contributed by atoms with E-state index < -0.39 is 11.8 Å². The second-order valence-corrected chi connectivity index (χ2v) is 3.15. The highest BCUT2D eigenvalue weighted by molar-refractivity contribution is 5.93. The highest BCUT2D eigenvalue weighted by Crippen LogP contribution is 2.14. The molecule has 0 atom stereocenters. The number of halogens is 1. The summed E-state index contributed by atoms with van der Waals surface area (Å²) in [7, 11) is 0. The third kappa shape index (κ3) is 2.42. The van der Waals surface area contributed by atoms with E-state index >= 15 is 0 Å². The molecule has 0 aromatic carbocycles. The third-order valence-corrected chi connectivity index (χ3v) is 1.51. The van der Waals surface area contributed by atoms with Crippen LogP contribution in [0, 0.1) is 5.82 Å². The van der Waals surface area contributed by atoms with Crippen molar-refractivity contribution in [2.24, 2.45) is 0 Å². The van der Waals surface area contributed by atoms with E-state index in [2.05, 4.69) is 10.3 Å². The number of nitrogens with zero attached hydrogens (tertiary/aromatic N) is 1. The van der Waals surface area contributed by atoms with Crippen LogP contribution >= 0.6 is 0 Å². The number of hydrogen-bond acceptors (Lipinski definition) is 3. The molecule has 0 unspecified atom stereocenters. The lowest BCUT2D eigenvalue weighted by molar-refractivity contribution is 0.0697. The van der Waals surface area contributed by atoms with Gasteiger partial charge in [0, 0.05) is 6.04 Å². The lowest BCUT2D eigenvalue weighted by Crippen LogP contribution is -2.15. The van der Waals surface area contributed by atoms with E-state index in [1.807, 2.05) is 13.8 Å². The van der Waals surface area contributed by atoms with Crippen LogP contribution in [0.15, 0.2) is 12.3 Å². The van der Waals surface area contributed by atoms with Gasteiger partial charge in [-0.25, -0.2) is 14.2 Å². The van der Waals surface area contributed by atoms with Crippen molar-refractivity contribution in [3.8, 4) is 0 Å². The molecule has 0 aliphatic rings. The van der Waals surface area contributed by atoms with Crippen LogP contribution in [0.2, 0.25) is 0 Å². The number of aromatic carboxylic acids is 1. The molecule has 1 aromatic rings. The zero-order valence-electron chi connectivity index (χ0n) is 7.91. The zero-order chi connectivity index (χ0) is 10.7. The second kappa shape index (κ2) is 4.04. The largest absolute Gasteiger partial charge is 0.478 e. The van der Waals surface area contributed by atoms with Gasteiger partial charge in [0.1, 0.15) is 17.2 Å². The number of carbonyl (C=O) groups is 1. The van der Waals surface area contributed by atoms with Crippen molar-refractivity contribution in [3.63, 3.8) is 0 Å². The molecule has 2 N–H and O–H groups in total. The summed E-state index contributed by atoms with van der Waals surface area (Å²) < 4.78 is 12.7. The Hall–Kier alpha value is -1.65. The number of anilines is 1. The minimum atomic E-state index is -1.19. The molecule has 1 heterocycles. The van der Waals surface area contributed by atoms with Crippen molar-refractivity contribution >= 4 is 11.8 Å². The molecule has 0 aliphatic carbocycles. The van der Waals surface area contributed by atoms with Gasteiger partial charge in [0.15, 0.2) is 0 Å². The fraction of sp³-hybridized carbons (Fsp3) is 0.333. The molecule has 4 nitrogen and oxygen atoms in total. The van der Waals surface area contributed by atoms with Crippen LogP contribution in [0.25, 0.3) is 0 Å². The van der Waals surface area contributed by atoms with Crippen molar-refractivity contribution < 1.29 is 14.3 Å². The highest BCUT2D eigenvalue weighted by Gasteiger charge is 2.13. The van der Waals surface area contributed by atoms with Gasteiger partial charge in [0.25, 0.3) is 0 Å². The molecule has 14 heavy (non-hydrogen) atoms. The average molecular weight is 198 g/mol. The number of pyridine rings is 1. The second-order valence-electron chi connectivity index (χ2n) is 3.15. The van der Waals surface area contributed by atoms with E-state index in [1.165, 1.54) is 0 Å². The topological polar surface area (TPSA) is 62.2 Å². The SMILES string of the molecule is CC(C)Nc1ncc(F)cc1C(=O)O. The van der Waals surface area contributed by atoms with Crippen molar-refractivity contribution in [1.82, 2.24) is 4.98 Å². The molecule has 0 radical (unpaired) electrons. The van der Waals surface area contributed by atoms with Crippen molar-refractivity contribution in [3.05, 3.63) is 23.6 Å². The first-order valence-corrected chi connectivity index (χ1v) is 4.16. The standard InChI is InChI=1S/C9H11FN2O2/c1-5(2)12-8-7(9(13)14)3-6(10)4-11-8/h3-5H,1-2H3,(H,11,12)(H,13,14). The molecule has 5 heteroatoms. The van der Waals surface area contributed by atoms with E-state index in [4.69, 9.17) is 5.11 Å². The van der Waals surface area contributed by atoms with Crippen molar-refractivity contribution in [2.45, 2.75) is 19.9 Å². The fourth-order valence-electron chi connectivity index (χ4n) is 0.991.